The largest absolute Gasteiger partial charge is 0.359 e. The van der Waals surface area contributed by atoms with Gasteiger partial charge in [0.1, 0.15) is 11.6 Å². The molecular formula is C28H37N3O4. The fourth-order valence-corrected chi connectivity index (χ4v) is 6.58. The van der Waals surface area contributed by atoms with Crippen molar-refractivity contribution in [2.75, 3.05) is 11.9 Å². The fraction of sp³-hybridized carbons (Fsp3) is 0.607. The van der Waals surface area contributed by atoms with Gasteiger partial charge in [-0.2, -0.15) is 0 Å². The zero-order valence-electron chi connectivity index (χ0n) is 21.0. The molecule has 7 unspecified atom stereocenters. The standard InChI is InChI=1S/C28H37N3O4/c1-4-5-15-31-24(26(33)30-20-12-7-6-10-18(20)3)28-14-13-21(35-28)22(23(28)27(31)34)25(32)29-19-11-8-9-17(2)16-19/h8-9,11,13-14,16,18,20-24H,4-7,10,12,15H2,1-3H3,(H,29,32)(H,30,33). The number of unbranched alkanes of at least 4 members (excludes halogenated alkanes) is 1. The molecule has 1 spiro atoms. The molecule has 3 aliphatic heterocycles. The van der Waals surface area contributed by atoms with E-state index in [-0.39, 0.29) is 23.8 Å². The van der Waals surface area contributed by atoms with Crippen molar-refractivity contribution in [3.8, 4) is 0 Å². The molecule has 3 fully saturated rings. The zero-order valence-corrected chi connectivity index (χ0v) is 21.0. The van der Waals surface area contributed by atoms with Crippen molar-refractivity contribution in [2.24, 2.45) is 17.8 Å². The summed E-state index contributed by atoms with van der Waals surface area (Å²) in [6.07, 6.45) is 9.31. The van der Waals surface area contributed by atoms with E-state index in [1.165, 1.54) is 6.42 Å². The molecule has 1 saturated carbocycles. The normalized spacial score (nSPS) is 35.3. The number of benzene rings is 1. The van der Waals surface area contributed by atoms with Crippen LogP contribution in [0.25, 0.3) is 0 Å². The molecule has 0 aromatic heterocycles. The maximum absolute atomic E-state index is 13.8. The fourth-order valence-electron chi connectivity index (χ4n) is 6.58. The van der Waals surface area contributed by atoms with E-state index >= 15 is 0 Å². The highest BCUT2D eigenvalue weighted by Crippen LogP contribution is 2.55. The minimum Gasteiger partial charge on any atom is -0.359 e. The number of likely N-dealkylation sites (tertiary alicyclic amines) is 1. The molecular weight excluding hydrogens is 442 g/mol. The number of aryl methyl sites for hydroxylation is 1. The lowest BCUT2D eigenvalue weighted by molar-refractivity contribution is -0.141. The molecule has 2 saturated heterocycles. The van der Waals surface area contributed by atoms with Gasteiger partial charge in [0.15, 0.2) is 0 Å². The lowest BCUT2D eigenvalue weighted by atomic mass is 9.74. The summed E-state index contributed by atoms with van der Waals surface area (Å²) in [5.41, 5.74) is 0.649. The van der Waals surface area contributed by atoms with Crippen LogP contribution in [-0.4, -0.2) is 53.0 Å². The SMILES string of the molecule is CCCCN1C(=O)C2C(C(=O)Nc3cccc(C)c3)C3C=CC2(O3)C1C(=O)NC1CCCCC1C. The Morgan fingerprint density at radius 1 is 1.20 bits per heavy atom. The molecule has 4 aliphatic rings. The summed E-state index contributed by atoms with van der Waals surface area (Å²) in [6, 6.07) is 6.97. The van der Waals surface area contributed by atoms with Crippen molar-refractivity contribution in [3.63, 3.8) is 0 Å². The molecule has 3 heterocycles. The van der Waals surface area contributed by atoms with Gasteiger partial charge in [0.2, 0.25) is 17.7 Å². The number of ether oxygens (including phenoxy) is 1. The Bertz CT molecular complexity index is 1040. The zero-order chi connectivity index (χ0) is 24.7. The van der Waals surface area contributed by atoms with Crippen LogP contribution in [0.15, 0.2) is 36.4 Å². The number of anilines is 1. The first-order valence-electron chi connectivity index (χ1n) is 13.2. The van der Waals surface area contributed by atoms with Gasteiger partial charge >= 0.3 is 0 Å². The van der Waals surface area contributed by atoms with Gasteiger partial charge in [-0.15, -0.1) is 0 Å². The third-order valence-electron chi connectivity index (χ3n) is 8.40. The number of carbonyl (C=O) groups is 3. The Kier molecular flexibility index (Phi) is 6.47. The average molecular weight is 480 g/mol. The van der Waals surface area contributed by atoms with Gasteiger partial charge in [0.25, 0.3) is 0 Å². The van der Waals surface area contributed by atoms with Gasteiger partial charge in [-0.3, -0.25) is 14.4 Å². The predicted molar refractivity (Wildman–Crippen MR) is 134 cm³/mol. The Balaban J connectivity index is 1.43. The maximum atomic E-state index is 13.8. The van der Waals surface area contributed by atoms with Crippen LogP contribution in [0, 0.1) is 24.7 Å². The molecule has 5 rings (SSSR count). The molecule has 1 aliphatic carbocycles. The number of amides is 3. The summed E-state index contributed by atoms with van der Waals surface area (Å²) in [7, 11) is 0. The number of nitrogens with one attached hydrogen (secondary N) is 2. The van der Waals surface area contributed by atoms with Crippen molar-refractivity contribution in [3.05, 3.63) is 42.0 Å². The molecule has 1 aromatic rings. The minimum absolute atomic E-state index is 0.109. The van der Waals surface area contributed by atoms with Crippen molar-refractivity contribution >= 4 is 23.4 Å². The van der Waals surface area contributed by atoms with Crippen LogP contribution in [0.4, 0.5) is 5.69 Å². The van der Waals surface area contributed by atoms with Gasteiger partial charge in [0.05, 0.1) is 17.9 Å². The third kappa shape index (κ3) is 4.07. The first kappa shape index (κ1) is 24.0. The monoisotopic (exact) mass is 479 g/mol. The molecule has 2 bridgehead atoms. The van der Waals surface area contributed by atoms with Crippen molar-refractivity contribution in [1.29, 1.82) is 0 Å². The van der Waals surface area contributed by atoms with Crippen molar-refractivity contribution in [1.82, 2.24) is 10.2 Å². The van der Waals surface area contributed by atoms with Crippen LogP contribution in [-0.2, 0) is 19.1 Å². The highest BCUT2D eigenvalue weighted by Gasteiger charge is 2.72. The Hall–Kier alpha value is -2.67. The summed E-state index contributed by atoms with van der Waals surface area (Å²) in [4.78, 5) is 42.8. The number of nitrogens with zero attached hydrogens (tertiary/aromatic N) is 1. The number of hydrogen-bond donors (Lipinski definition) is 2. The summed E-state index contributed by atoms with van der Waals surface area (Å²) in [6.45, 7) is 6.71. The first-order chi connectivity index (χ1) is 16.9. The molecule has 7 atom stereocenters. The molecule has 3 amide bonds. The molecule has 0 radical (unpaired) electrons. The minimum atomic E-state index is -1.09. The van der Waals surface area contributed by atoms with Crippen LogP contribution >= 0.6 is 0 Å². The lowest BCUT2D eigenvalue weighted by Crippen LogP contribution is -2.57. The smallest absolute Gasteiger partial charge is 0.246 e. The van der Waals surface area contributed by atoms with E-state index in [1.54, 1.807) is 4.90 Å². The van der Waals surface area contributed by atoms with E-state index in [0.717, 1.165) is 37.7 Å². The quantitative estimate of drug-likeness (QED) is 0.585. The predicted octanol–water partition coefficient (Wildman–Crippen LogP) is 3.58. The summed E-state index contributed by atoms with van der Waals surface area (Å²) in [5.74, 6) is -1.48. The number of hydrogen-bond acceptors (Lipinski definition) is 4. The second-order valence-corrected chi connectivity index (χ2v) is 10.8. The van der Waals surface area contributed by atoms with Gasteiger partial charge < -0.3 is 20.3 Å². The van der Waals surface area contributed by atoms with Crippen molar-refractivity contribution < 1.29 is 19.1 Å². The second kappa shape index (κ2) is 9.41. The van der Waals surface area contributed by atoms with Crippen LogP contribution in [0.2, 0.25) is 0 Å². The van der Waals surface area contributed by atoms with Crippen LogP contribution in [0.3, 0.4) is 0 Å². The average Bonchev–Trinajstić information content (AvgIpc) is 3.46. The molecule has 7 nitrogen and oxygen atoms in total. The van der Waals surface area contributed by atoms with Crippen LogP contribution in [0.1, 0.15) is 57.9 Å². The van der Waals surface area contributed by atoms with Crippen LogP contribution < -0.4 is 10.6 Å². The highest BCUT2D eigenvalue weighted by atomic mass is 16.5. The summed E-state index contributed by atoms with van der Waals surface area (Å²) < 4.78 is 6.41. The number of rotatable bonds is 7. The second-order valence-electron chi connectivity index (χ2n) is 10.8. The Morgan fingerprint density at radius 2 is 2.00 bits per heavy atom. The Morgan fingerprint density at radius 3 is 2.74 bits per heavy atom. The van der Waals surface area contributed by atoms with Crippen molar-refractivity contribution in [2.45, 2.75) is 83.1 Å². The third-order valence-corrected chi connectivity index (χ3v) is 8.40. The topological polar surface area (TPSA) is 87.7 Å². The van der Waals surface area contributed by atoms with E-state index in [1.807, 2.05) is 43.3 Å². The molecule has 188 valence electrons. The molecule has 7 heteroatoms. The Labute approximate surface area is 207 Å². The summed E-state index contributed by atoms with van der Waals surface area (Å²) >= 11 is 0. The van der Waals surface area contributed by atoms with E-state index in [0.29, 0.717) is 18.2 Å². The van der Waals surface area contributed by atoms with E-state index < -0.39 is 29.6 Å². The number of carbonyl (C=O) groups excluding carboxylic acids is 3. The summed E-state index contributed by atoms with van der Waals surface area (Å²) in [5, 5.41) is 6.26. The highest BCUT2D eigenvalue weighted by molar-refractivity contribution is 6.02. The molecule has 35 heavy (non-hydrogen) atoms. The van der Waals surface area contributed by atoms with Gasteiger partial charge in [-0.05, 0) is 49.8 Å². The van der Waals surface area contributed by atoms with E-state index in [4.69, 9.17) is 4.74 Å². The van der Waals surface area contributed by atoms with Gasteiger partial charge in [-0.1, -0.05) is 57.4 Å². The van der Waals surface area contributed by atoms with Gasteiger partial charge in [0, 0.05) is 18.3 Å². The van der Waals surface area contributed by atoms with Crippen LogP contribution in [0.5, 0.6) is 0 Å². The molecule has 2 N–H and O–H groups in total. The first-order valence-corrected chi connectivity index (χ1v) is 13.2. The molecule has 1 aromatic carbocycles. The lowest BCUT2D eigenvalue weighted by Gasteiger charge is -2.36. The van der Waals surface area contributed by atoms with E-state index in [2.05, 4.69) is 24.5 Å². The maximum Gasteiger partial charge on any atom is 0.246 e. The van der Waals surface area contributed by atoms with E-state index in [9.17, 15) is 14.4 Å². The number of fused-ring (bicyclic) bond motifs is 1. The van der Waals surface area contributed by atoms with Gasteiger partial charge in [-0.25, -0.2) is 0 Å².